The molecule has 2 aromatic rings. The van der Waals surface area contributed by atoms with Gasteiger partial charge in [0.25, 0.3) is 0 Å². The fourth-order valence-corrected chi connectivity index (χ4v) is 3.38. The summed E-state index contributed by atoms with van der Waals surface area (Å²) in [5, 5.41) is -0.0698. The van der Waals surface area contributed by atoms with Gasteiger partial charge >= 0.3 is 0 Å². The fourth-order valence-electron chi connectivity index (χ4n) is 2.51. The number of rotatable bonds is 5. The highest BCUT2D eigenvalue weighted by Crippen LogP contribution is 2.20. The van der Waals surface area contributed by atoms with Gasteiger partial charge in [-0.25, -0.2) is 9.97 Å². The number of nitrogens with zero attached hydrogens (tertiary/aromatic N) is 4. The van der Waals surface area contributed by atoms with Crippen LogP contribution < -0.4 is 4.90 Å². The highest BCUT2D eigenvalue weighted by Gasteiger charge is 2.26. The Morgan fingerprint density at radius 1 is 1.26 bits per heavy atom. The van der Waals surface area contributed by atoms with Crippen molar-refractivity contribution in [3.8, 4) is 0 Å². The summed E-state index contributed by atoms with van der Waals surface area (Å²) < 4.78 is 5.31. The molecule has 1 saturated heterocycles. The molecule has 1 fully saturated rings. The second-order valence-electron chi connectivity index (χ2n) is 5.39. The lowest BCUT2D eigenvalue weighted by atomic mass is 10.3. The Balaban J connectivity index is 1.47. The highest BCUT2D eigenvalue weighted by atomic mass is 32.2. The molecule has 0 aromatic carbocycles. The third-order valence-corrected chi connectivity index (χ3v) is 4.98. The molecular formula is C16H20N4O2S. The average Bonchev–Trinajstić information content (AvgIpc) is 3.13. The number of piperazine rings is 1. The van der Waals surface area contributed by atoms with Crippen LogP contribution in [0.4, 0.5) is 5.95 Å². The van der Waals surface area contributed by atoms with Gasteiger partial charge in [0.1, 0.15) is 5.76 Å². The molecule has 0 radical (unpaired) electrons. The second-order valence-corrected chi connectivity index (χ2v) is 6.72. The van der Waals surface area contributed by atoms with Crippen LogP contribution in [0.15, 0.2) is 41.3 Å². The van der Waals surface area contributed by atoms with Crippen molar-refractivity contribution in [1.29, 1.82) is 0 Å². The van der Waals surface area contributed by atoms with Gasteiger partial charge in [0.15, 0.2) is 0 Å². The van der Waals surface area contributed by atoms with E-state index in [1.165, 1.54) is 0 Å². The SMILES string of the molecule is C[C@@H](SCc1ccco1)C(=O)N1CCN(c2ncccn2)CC1. The summed E-state index contributed by atoms with van der Waals surface area (Å²) in [5.74, 6) is 2.55. The van der Waals surface area contributed by atoms with Gasteiger partial charge in [-0.1, -0.05) is 0 Å². The van der Waals surface area contributed by atoms with Crippen molar-refractivity contribution >= 4 is 23.6 Å². The first kappa shape index (κ1) is 15.9. The van der Waals surface area contributed by atoms with Crippen molar-refractivity contribution in [2.75, 3.05) is 31.1 Å². The maximum atomic E-state index is 12.5. The minimum atomic E-state index is -0.0698. The fraction of sp³-hybridized carbons (Fsp3) is 0.438. The molecular weight excluding hydrogens is 312 g/mol. The number of carbonyl (C=O) groups is 1. The summed E-state index contributed by atoms with van der Waals surface area (Å²) in [7, 11) is 0. The Labute approximate surface area is 139 Å². The number of hydrogen-bond donors (Lipinski definition) is 0. The Morgan fingerprint density at radius 2 is 2.00 bits per heavy atom. The molecule has 0 spiro atoms. The molecule has 7 heteroatoms. The molecule has 2 aromatic heterocycles. The molecule has 1 amide bonds. The topological polar surface area (TPSA) is 62.5 Å². The lowest BCUT2D eigenvalue weighted by Gasteiger charge is -2.35. The van der Waals surface area contributed by atoms with E-state index in [-0.39, 0.29) is 11.2 Å². The molecule has 0 saturated carbocycles. The van der Waals surface area contributed by atoms with Crippen LogP contribution in [0, 0.1) is 0 Å². The number of furan rings is 1. The van der Waals surface area contributed by atoms with Crippen molar-refractivity contribution in [3.05, 3.63) is 42.6 Å². The van der Waals surface area contributed by atoms with Crippen molar-refractivity contribution in [2.45, 2.75) is 17.9 Å². The summed E-state index contributed by atoms with van der Waals surface area (Å²) in [4.78, 5) is 25.1. The normalized spacial score (nSPS) is 16.4. The number of anilines is 1. The molecule has 3 heterocycles. The summed E-state index contributed by atoms with van der Waals surface area (Å²) in [5.41, 5.74) is 0. The third-order valence-electron chi connectivity index (χ3n) is 3.83. The molecule has 0 unspecified atom stereocenters. The van der Waals surface area contributed by atoms with E-state index in [0.717, 1.165) is 30.6 Å². The van der Waals surface area contributed by atoms with E-state index in [0.29, 0.717) is 13.1 Å². The van der Waals surface area contributed by atoms with Gasteiger partial charge in [0.05, 0.1) is 17.3 Å². The predicted molar refractivity (Wildman–Crippen MR) is 90.3 cm³/mol. The molecule has 0 N–H and O–H groups in total. The van der Waals surface area contributed by atoms with Crippen LogP contribution in [0.2, 0.25) is 0 Å². The largest absolute Gasteiger partial charge is 0.468 e. The van der Waals surface area contributed by atoms with Crippen molar-refractivity contribution < 1.29 is 9.21 Å². The Kier molecular flexibility index (Phi) is 5.17. The van der Waals surface area contributed by atoms with E-state index in [4.69, 9.17) is 4.42 Å². The summed E-state index contributed by atoms with van der Waals surface area (Å²) in [6.07, 6.45) is 5.15. The van der Waals surface area contributed by atoms with Gasteiger partial charge in [-0.2, -0.15) is 0 Å². The Hall–Kier alpha value is -2.02. The van der Waals surface area contributed by atoms with Gasteiger partial charge in [0, 0.05) is 38.6 Å². The van der Waals surface area contributed by atoms with Gasteiger partial charge in [-0.3, -0.25) is 4.79 Å². The highest BCUT2D eigenvalue weighted by molar-refractivity contribution is 7.99. The lowest BCUT2D eigenvalue weighted by molar-refractivity contribution is -0.130. The first-order chi connectivity index (χ1) is 11.2. The third kappa shape index (κ3) is 4.04. The van der Waals surface area contributed by atoms with Gasteiger partial charge in [-0.05, 0) is 25.1 Å². The standard InChI is InChI=1S/C16H20N4O2S/c1-13(23-12-14-4-2-11-22-14)15(21)19-7-9-20(10-8-19)16-17-5-3-6-18-16/h2-6,11,13H,7-10,12H2,1H3/t13-/m1/s1. The average molecular weight is 332 g/mol. The molecule has 0 aliphatic carbocycles. The zero-order valence-corrected chi connectivity index (χ0v) is 13.9. The first-order valence-electron chi connectivity index (χ1n) is 7.69. The van der Waals surface area contributed by atoms with Gasteiger partial charge in [-0.15, -0.1) is 11.8 Å². The van der Waals surface area contributed by atoms with Crippen LogP contribution in [-0.4, -0.2) is 52.2 Å². The first-order valence-corrected chi connectivity index (χ1v) is 8.73. The maximum absolute atomic E-state index is 12.5. The molecule has 1 aliphatic heterocycles. The number of amides is 1. The molecule has 23 heavy (non-hydrogen) atoms. The molecule has 1 aliphatic rings. The van der Waals surface area contributed by atoms with Crippen LogP contribution in [0.25, 0.3) is 0 Å². The Morgan fingerprint density at radius 3 is 2.65 bits per heavy atom. The predicted octanol–water partition coefficient (Wildman–Crippen LogP) is 2.04. The number of thioether (sulfide) groups is 1. The van der Waals surface area contributed by atoms with Gasteiger partial charge in [0.2, 0.25) is 11.9 Å². The lowest BCUT2D eigenvalue weighted by Crippen LogP contribution is -2.51. The molecule has 3 rings (SSSR count). The monoisotopic (exact) mass is 332 g/mol. The van der Waals surface area contributed by atoms with Crippen LogP contribution >= 0.6 is 11.8 Å². The summed E-state index contributed by atoms with van der Waals surface area (Å²) >= 11 is 1.61. The molecule has 6 nitrogen and oxygen atoms in total. The number of aromatic nitrogens is 2. The second kappa shape index (κ2) is 7.50. The van der Waals surface area contributed by atoms with E-state index in [1.807, 2.05) is 24.0 Å². The number of carbonyl (C=O) groups excluding carboxylic acids is 1. The van der Waals surface area contributed by atoms with Crippen LogP contribution in [0.5, 0.6) is 0 Å². The van der Waals surface area contributed by atoms with E-state index < -0.39 is 0 Å². The van der Waals surface area contributed by atoms with E-state index in [1.54, 1.807) is 36.5 Å². The van der Waals surface area contributed by atoms with Crippen LogP contribution in [0.1, 0.15) is 12.7 Å². The Bertz CT molecular complexity index is 612. The molecule has 122 valence electrons. The van der Waals surface area contributed by atoms with E-state index in [2.05, 4.69) is 14.9 Å². The van der Waals surface area contributed by atoms with Crippen molar-refractivity contribution in [3.63, 3.8) is 0 Å². The van der Waals surface area contributed by atoms with Crippen LogP contribution in [0.3, 0.4) is 0 Å². The van der Waals surface area contributed by atoms with Crippen molar-refractivity contribution in [2.24, 2.45) is 0 Å². The zero-order valence-electron chi connectivity index (χ0n) is 13.1. The summed E-state index contributed by atoms with van der Waals surface area (Å²) in [6, 6.07) is 5.61. The number of hydrogen-bond acceptors (Lipinski definition) is 6. The van der Waals surface area contributed by atoms with Crippen LogP contribution in [-0.2, 0) is 10.5 Å². The molecule has 1 atom stereocenters. The smallest absolute Gasteiger partial charge is 0.235 e. The minimum absolute atomic E-state index is 0.0698. The van der Waals surface area contributed by atoms with Gasteiger partial charge < -0.3 is 14.2 Å². The minimum Gasteiger partial charge on any atom is -0.468 e. The summed E-state index contributed by atoms with van der Waals surface area (Å²) in [6.45, 7) is 4.92. The van der Waals surface area contributed by atoms with E-state index in [9.17, 15) is 4.79 Å². The quantitative estimate of drug-likeness (QED) is 0.835. The zero-order chi connectivity index (χ0) is 16.1. The van der Waals surface area contributed by atoms with Crippen molar-refractivity contribution in [1.82, 2.24) is 14.9 Å². The van der Waals surface area contributed by atoms with E-state index >= 15 is 0 Å². The maximum Gasteiger partial charge on any atom is 0.235 e. The molecule has 0 bridgehead atoms.